The Morgan fingerprint density at radius 1 is 1.38 bits per heavy atom. The van der Waals surface area contributed by atoms with Crippen LogP contribution in [0.4, 0.5) is 0 Å². The van der Waals surface area contributed by atoms with E-state index in [0.29, 0.717) is 11.4 Å². The summed E-state index contributed by atoms with van der Waals surface area (Å²) in [4.78, 5) is 13.9. The molecule has 0 spiro atoms. The molecule has 2 unspecified atom stereocenters. The van der Waals surface area contributed by atoms with Crippen molar-refractivity contribution in [3.05, 3.63) is 29.8 Å². The zero-order valence-corrected chi connectivity index (χ0v) is 13.1. The van der Waals surface area contributed by atoms with Gasteiger partial charge in [-0.2, -0.15) is 0 Å². The van der Waals surface area contributed by atoms with Crippen molar-refractivity contribution in [3.8, 4) is 0 Å². The lowest BCUT2D eigenvalue weighted by Gasteiger charge is -2.38. The summed E-state index contributed by atoms with van der Waals surface area (Å²) in [6, 6.07) is 6.44. The molecule has 1 aliphatic heterocycles. The predicted octanol–water partition coefficient (Wildman–Crippen LogP) is -0.0898. The fraction of sp³-hybridized carbons (Fsp3) is 0.500. The highest BCUT2D eigenvalue weighted by molar-refractivity contribution is 7.90. The highest BCUT2D eigenvalue weighted by Gasteiger charge is 2.30. The highest BCUT2D eigenvalue weighted by atomic mass is 32.2. The zero-order valence-electron chi connectivity index (χ0n) is 12.2. The third kappa shape index (κ3) is 3.61. The van der Waals surface area contributed by atoms with Crippen molar-refractivity contribution in [1.82, 2.24) is 10.2 Å². The fourth-order valence-corrected chi connectivity index (χ4v) is 3.26. The van der Waals surface area contributed by atoms with Gasteiger partial charge in [-0.05, 0) is 24.6 Å². The number of carbonyl (C=O) groups is 1. The van der Waals surface area contributed by atoms with Crippen LogP contribution in [-0.2, 0) is 14.6 Å². The first-order chi connectivity index (χ1) is 9.80. The lowest BCUT2D eigenvalue weighted by Crippen LogP contribution is -2.57. The molecule has 2 atom stereocenters. The predicted molar refractivity (Wildman–Crippen MR) is 80.5 cm³/mol. The van der Waals surface area contributed by atoms with E-state index in [-0.39, 0.29) is 18.0 Å². The van der Waals surface area contributed by atoms with E-state index >= 15 is 0 Å². The second-order valence-electron chi connectivity index (χ2n) is 5.38. The van der Waals surface area contributed by atoms with E-state index in [4.69, 9.17) is 5.73 Å². The van der Waals surface area contributed by atoms with Gasteiger partial charge in [-0.15, -0.1) is 0 Å². The second kappa shape index (κ2) is 6.13. The average molecular weight is 311 g/mol. The molecule has 1 aliphatic rings. The van der Waals surface area contributed by atoms with Crippen molar-refractivity contribution < 1.29 is 13.2 Å². The number of piperazine rings is 1. The Kier molecular flexibility index (Phi) is 4.65. The molecule has 0 aromatic heterocycles. The number of rotatable bonds is 4. The summed E-state index contributed by atoms with van der Waals surface area (Å²) < 4.78 is 23.0. The van der Waals surface area contributed by atoms with E-state index in [0.717, 1.165) is 18.7 Å². The number of hydrogen-bond acceptors (Lipinski definition) is 5. The quantitative estimate of drug-likeness (QED) is 0.811. The van der Waals surface area contributed by atoms with Crippen LogP contribution in [0.15, 0.2) is 29.2 Å². The van der Waals surface area contributed by atoms with Crippen LogP contribution in [0.25, 0.3) is 0 Å². The highest BCUT2D eigenvalue weighted by Crippen LogP contribution is 2.24. The third-order valence-corrected chi connectivity index (χ3v) is 5.03. The van der Waals surface area contributed by atoms with E-state index in [1.54, 1.807) is 24.3 Å². The summed E-state index contributed by atoms with van der Waals surface area (Å²) in [5, 5.41) is 3.16. The summed E-state index contributed by atoms with van der Waals surface area (Å²) >= 11 is 0. The maximum Gasteiger partial charge on any atom is 0.236 e. The average Bonchev–Trinajstić information content (AvgIpc) is 2.45. The van der Waals surface area contributed by atoms with Gasteiger partial charge < -0.3 is 11.1 Å². The maximum atomic E-state index is 11.5. The number of nitrogens with zero attached hydrogens (tertiary/aromatic N) is 1. The van der Waals surface area contributed by atoms with Crippen LogP contribution in [0, 0.1) is 0 Å². The number of primary amides is 1. The molecule has 0 bridgehead atoms. The first-order valence-electron chi connectivity index (χ1n) is 6.86. The molecule has 3 N–H and O–H groups in total. The maximum absolute atomic E-state index is 11.5. The minimum absolute atomic E-state index is 0.00166. The summed E-state index contributed by atoms with van der Waals surface area (Å²) in [6.45, 7) is 4.07. The fourth-order valence-electron chi connectivity index (χ4n) is 2.63. The van der Waals surface area contributed by atoms with Crippen LogP contribution in [-0.4, -0.2) is 51.2 Å². The Bertz CT molecular complexity index is 613. The number of nitrogens with one attached hydrogen (secondary N) is 1. The van der Waals surface area contributed by atoms with Crippen molar-refractivity contribution in [2.24, 2.45) is 5.73 Å². The number of hydrogen-bond donors (Lipinski definition) is 2. The Morgan fingerprint density at radius 3 is 2.52 bits per heavy atom. The molecule has 0 saturated carbocycles. The molecule has 1 fully saturated rings. The van der Waals surface area contributed by atoms with Gasteiger partial charge in [-0.25, -0.2) is 8.42 Å². The molecule has 0 aliphatic carbocycles. The van der Waals surface area contributed by atoms with E-state index in [1.165, 1.54) is 6.26 Å². The van der Waals surface area contributed by atoms with Crippen molar-refractivity contribution in [3.63, 3.8) is 0 Å². The number of nitrogens with two attached hydrogens (primary N) is 1. The van der Waals surface area contributed by atoms with E-state index in [1.807, 2.05) is 11.8 Å². The van der Waals surface area contributed by atoms with Gasteiger partial charge in [0.25, 0.3) is 0 Å². The smallest absolute Gasteiger partial charge is 0.236 e. The van der Waals surface area contributed by atoms with Crippen LogP contribution < -0.4 is 11.1 Å². The monoisotopic (exact) mass is 311 g/mol. The van der Waals surface area contributed by atoms with Crippen LogP contribution in [0.3, 0.4) is 0 Å². The molecular weight excluding hydrogens is 290 g/mol. The first-order valence-corrected chi connectivity index (χ1v) is 8.75. The van der Waals surface area contributed by atoms with Gasteiger partial charge in [0, 0.05) is 31.9 Å². The van der Waals surface area contributed by atoms with Crippen molar-refractivity contribution in [2.45, 2.75) is 23.9 Å². The summed E-state index contributed by atoms with van der Waals surface area (Å²) in [5.74, 6) is -0.346. The van der Waals surface area contributed by atoms with E-state index < -0.39 is 9.84 Å². The molecule has 1 heterocycles. The third-order valence-electron chi connectivity index (χ3n) is 3.90. The standard InChI is InChI=1S/C14H21N3O3S/c1-10(17-8-7-16-9-13(17)14(15)18)11-3-5-12(6-4-11)21(2,19)20/h3-6,10,13,16H,7-9H2,1-2H3,(H2,15,18). The summed E-state index contributed by atoms with van der Waals surface area (Å²) in [7, 11) is -3.19. The zero-order chi connectivity index (χ0) is 15.6. The number of amides is 1. The molecule has 1 aromatic carbocycles. The molecule has 1 saturated heterocycles. The molecule has 21 heavy (non-hydrogen) atoms. The largest absolute Gasteiger partial charge is 0.368 e. The van der Waals surface area contributed by atoms with Crippen molar-refractivity contribution in [1.29, 1.82) is 0 Å². The Morgan fingerprint density at radius 2 is 2.00 bits per heavy atom. The lowest BCUT2D eigenvalue weighted by molar-refractivity contribution is -0.124. The molecule has 1 aromatic rings. The van der Waals surface area contributed by atoms with E-state index in [9.17, 15) is 13.2 Å². The summed E-state index contributed by atoms with van der Waals surface area (Å²) in [6.07, 6.45) is 1.19. The minimum Gasteiger partial charge on any atom is -0.368 e. The SMILES string of the molecule is CC(c1ccc(S(C)(=O)=O)cc1)N1CCNCC1C(N)=O. The van der Waals surface area contributed by atoms with Crippen LogP contribution in [0.1, 0.15) is 18.5 Å². The van der Waals surface area contributed by atoms with Crippen LogP contribution >= 0.6 is 0 Å². The second-order valence-corrected chi connectivity index (χ2v) is 7.39. The molecule has 2 rings (SSSR count). The van der Waals surface area contributed by atoms with Gasteiger partial charge >= 0.3 is 0 Å². The molecule has 6 nitrogen and oxygen atoms in total. The van der Waals surface area contributed by atoms with Gasteiger partial charge in [0.2, 0.25) is 5.91 Å². The molecule has 1 amide bonds. The minimum atomic E-state index is -3.19. The van der Waals surface area contributed by atoms with Crippen molar-refractivity contribution in [2.75, 3.05) is 25.9 Å². The number of benzene rings is 1. The Labute approximate surface area is 125 Å². The topological polar surface area (TPSA) is 92.5 Å². The van der Waals surface area contributed by atoms with Crippen LogP contribution in [0.5, 0.6) is 0 Å². The van der Waals surface area contributed by atoms with Gasteiger partial charge in [0.15, 0.2) is 9.84 Å². The van der Waals surface area contributed by atoms with Gasteiger partial charge in [0.1, 0.15) is 6.04 Å². The molecular formula is C14H21N3O3S. The number of sulfone groups is 1. The van der Waals surface area contributed by atoms with Gasteiger partial charge in [-0.1, -0.05) is 12.1 Å². The van der Waals surface area contributed by atoms with Gasteiger partial charge in [-0.3, -0.25) is 9.69 Å². The first kappa shape index (κ1) is 15.9. The molecule has 7 heteroatoms. The Balaban J connectivity index is 2.22. The van der Waals surface area contributed by atoms with Crippen molar-refractivity contribution >= 4 is 15.7 Å². The van der Waals surface area contributed by atoms with E-state index in [2.05, 4.69) is 5.32 Å². The summed E-state index contributed by atoms with van der Waals surface area (Å²) in [5.41, 5.74) is 6.42. The van der Waals surface area contributed by atoms with Gasteiger partial charge in [0.05, 0.1) is 4.90 Å². The molecule has 0 radical (unpaired) electrons. The van der Waals surface area contributed by atoms with Crippen LogP contribution in [0.2, 0.25) is 0 Å². The normalized spacial score (nSPS) is 21.9. The Hall–Kier alpha value is -1.44. The number of carbonyl (C=O) groups excluding carboxylic acids is 1. The molecule has 116 valence electrons. The lowest BCUT2D eigenvalue weighted by atomic mass is 10.0.